The summed E-state index contributed by atoms with van der Waals surface area (Å²) in [6.07, 6.45) is -0.606. The van der Waals surface area contributed by atoms with E-state index in [0.29, 0.717) is 53.4 Å². The van der Waals surface area contributed by atoms with Crippen LogP contribution in [-0.4, -0.2) is 131 Å². The summed E-state index contributed by atoms with van der Waals surface area (Å²) >= 11 is 7.41. The Hall–Kier alpha value is -6.35. The van der Waals surface area contributed by atoms with Crippen LogP contribution in [0.4, 0.5) is 0 Å². The van der Waals surface area contributed by atoms with E-state index in [4.69, 9.17) is 51.4 Å². The molecule has 0 spiro atoms. The normalized spacial score (nSPS) is 18.7. The van der Waals surface area contributed by atoms with Crippen LogP contribution in [0.2, 0.25) is 4.34 Å². The molecule has 0 bridgehead atoms. The molecule has 2 fully saturated rings. The van der Waals surface area contributed by atoms with Gasteiger partial charge in [0.25, 0.3) is 5.91 Å². The molecule has 7 rings (SSSR count). The number of hydrogen-bond donors (Lipinski definition) is 1. The fourth-order valence-electron chi connectivity index (χ4n) is 8.76. The van der Waals surface area contributed by atoms with Gasteiger partial charge < -0.3 is 38.2 Å². The summed E-state index contributed by atoms with van der Waals surface area (Å²) in [7, 11) is 8.61. The highest BCUT2D eigenvalue weighted by atomic mass is 35.5. The molecule has 380 valence electrons. The number of nitrogens with zero attached hydrogens (tertiary/aromatic N) is 4. The van der Waals surface area contributed by atoms with Crippen molar-refractivity contribution in [3.8, 4) is 11.5 Å². The third-order valence-electron chi connectivity index (χ3n) is 12.2. The van der Waals surface area contributed by atoms with Gasteiger partial charge in [0, 0.05) is 41.2 Å². The number of likely N-dealkylation sites (tertiary alicyclic amines) is 1. The van der Waals surface area contributed by atoms with E-state index in [1.165, 1.54) is 6.92 Å². The van der Waals surface area contributed by atoms with Crippen molar-refractivity contribution in [2.45, 2.75) is 83.7 Å². The number of rotatable bonds is 22. The molecule has 0 aliphatic carbocycles. The molecule has 3 aliphatic rings. The highest BCUT2D eigenvalue weighted by molar-refractivity contribution is 7.86. The van der Waals surface area contributed by atoms with E-state index < -0.39 is 75.5 Å². The molecule has 4 atom stereocenters. The second-order valence-corrected chi connectivity index (χ2v) is 21.9. The third kappa shape index (κ3) is 13.6. The van der Waals surface area contributed by atoms with Crippen LogP contribution >= 0.6 is 22.9 Å². The SMILES string of the molecule is [B]OC(=O)C1=C(C[N+]2(CCNC(=O)c3ccc(OCc4ccccc4)c(OCc4ccccc4)c3)CCCC2)CS(=O)[C@@H]2[C@H](CC(=O)/C(=N\O[C@@H](C)C(=O)O[B])c3nc(CC(=O)OC(C)(C)C)sc3Cl)C(=O)N12. The predicted molar refractivity (Wildman–Crippen MR) is 271 cm³/mol. The lowest BCUT2D eigenvalue weighted by Crippen LogP contribution is -2.66. The molecule has 18 nitrogen and oxygen atoms in total. The van der Waals surface area contributed by atoms with Gasteiger partial charge in [-0.05, 0) is 57.0 Å². The quantitative estimate of drug-likeness (QED) is 0.0274. The molecule has 2 saturated heterocycles. The topological polar surface area (TPSA) is 215 Å². The molecule has 2 amide bonds. The summed E-state index contributed by atoms with van der Waals surface area (Å²) in [6.45, 7) is 9.09. The molecule has 0 saturated carbocycles. The molecule has 23 heteroatoms. The number of thiazole rings is 1. The van der Waals surface area contributed by atoms with Gasteiger partial charge in [-0.25, -0.2) is 14.6 Å². The number of hydrogen-bond acceptors (Lipinski definition) is 16. The number of aromatic nitrogens is 1. The van der Waals surface area contributed by atoms with Gasteiger partial charge >= 0.3 is 34.0 Å². The molecule has 3 aromatic carbocycles. The fourth-order valence-corrected chi connectivity index (χ4v) is 11.7. The Morgan fingerprint density at radius 3 is 2.21 bits per heavy atom. The number of Topliss-reactive ketones (excluding diaryl/α,β-unsaturated/α-hetero) is 1. The van der Waals surface area contributed by atoms with E-state index in [2.05, 4.69) is 20.1 Å². The summed E-state index contributed by atoms with van der Waals surface area (Å²) in [6, 6.07) is 24.3. The number of oxime groups is 1. The second-order valence-electron chi connectivity index (χ2n) is 18.7. The molecule has 1 N–H and O–H groups in total. The molecule has 3 aliphatic heterocycles. The van der Waals surface area contributed by atoms with Crippen molar-refractivity contribution in [3.05, 3.63) is 122 Å². The Morgan fingerprint density at radius 2 is 1.59 bits per heavy atom. The van der Waals surface area contributed by atoms with Gasteiger partial charge in [0.15, 0.2) is 23.0 Å². The number of β-lactam (4-membered cyclic amide) rings is 1. The minimum atomic E-state index is -1.84. The van der Waals surface area contributed by atoms with Crippen molar-refractivity contribution in [1.82, 2.24) is 15.2 Å². The van der Waals surface area contributed by atoms with Gasteiger partial charge in [-0.2, -0.15) is 0 Å². The first kappa shape index (κ1) is 54.4. The number of ketones is 1. The van der Waals surface area contributed by atoms with Crippen molar-refractivity contribution in [3.63, 3.8) is 0 Å². The van der Waals surface area contributed by atoms with E-state index in [1.54, 1.807) is 39.0 Å². The maximum Gasteiger partial charge on any atom is 0.378 e. The summed E-state index contributed by atoms with van der Waals surface area (Å²) in [5.41, 5.74) is 0.974. The summed E-state index contributed by atoms with van der Waals surface area (Å²) in [5, 5.41) is 5.93. The van der Waals surface area contributed by atoms with Crippen LogP contribution in [0.5, 0.6) is 11.5 Å². The third-order valence-corrected chi connectivity index (χ3v) is 15.2. The first-order valence-corrected chi connectivity index (χ1v) is 26.0. The lowest BCUT2D eigenvalue weighted by molar-refractivity contribution is -0.911. The van der Waals surface area contributed by atoms with E-state index in [-0.39, 0.29) is 58.5 Å². The number of nitrogens with one attached hydrogen (secondary N) is 1. The minimum absolute atomic E-state index is 0.0672. The Balaban J connectivity index is 1.05. The lowest BCUT2D eigenvalue weighted by atomic mass is 9.89. The van der Waals surface area contributed by atoms with Crippen LogP contribution in [0.3, 0.4) is 0 Å². The largest absolute Gasteiger partial charge is 0.541 e. The maximum atomic E-state index is 14.2. The average molecular weight is 1050 g/mol. The van der Waals surface area contributed by atoms with E-state index >= 15 is 0 Å². The Bertz CT molecular complexity index is 2800. The van der Waals surface area contributed by atoms with Crippen LogP contribution in [0.15, 0.2) is 95.3 Å². The smallest absolute Gasteiger partial charge is 0.378 e. The lowest BCUT2D eigenvalue weighted by Gasteiger charge is -2.50. The van der Waals surface area contributed by atoms with Crippen molar-refractivity contribution >= 4 is 91.1 Å². The number of ether oxygens (including phenoxy) is 3. The average Bonchev–Trinajstić information content (AvgIpc) is 3.98. The Labute approximate surface area is 436 Å². The Morgan fingerprint density at radius 1 is 0.945 bits per heavy atom. The zero-order valence-electron chi connectivity index (χ0n) is 40.7. The highest BCUT2D eigenvalue weighted by Crippen LogP contribution is 2.42. The van der Waals surface area contributed by atoms with Gasteiger partial charge in [-0.3, -0.25) is 28.3 Å². The summed E-state index contributed by atoms with van der Waals surface area (Å²) in [5.74, 6) is -5.04. The summed E-state index contributed by atoms with van der Waals surface area (Å²) in [4.78, 5) is 90.9. The number of carbonyl (C=O) groups excluding carboxylic acids is 6. The van der Waals surface area contributed by atoms with E-state index in [9.17, 15) is 33.0 Å². The van der Waals surface area contributed by atoms with Gasteiger partial charge in [0.05, 0.1) is 44.3 Å². The number of fused-ring (bicyclic) bond motifs is 1. The van der Waals surface area contributed by atoms with Crippen LogP contribution in [-0.2, 0) is 73.3 Å². The Kier molecular flexibility index (Phi) is 18.0. The molecule has 1 unspecified atom stereocenters. The standard InChI is InChI=1S/C50H52B2ClN5O13S2/c1-30(48(63)69-51)71-56-41(42-44(53)72-39(55-42)25-40(60)68-50(2,3)4)36(59)24-35-46(62)57-43(49(64)70-52)34(29-73(65)47(35)57)26-58(20-11-12-21-58)22-19-54-45(61)33-17-18-37(66-27-31-13-7-5-8-14-31)38(23-33)67-28-32-15-9-6-10-16-32/h5-10,13-18,23,30,35,47H,11-12,19-22,24-29H2,1-4H3/p+1/b56-41+/t30-,35+,47+,73?/m0/s1. The van der Waals surface area contributed by atoms with Crippen LogP contribution in [0.25, 0.3) is 0 Å². The van der Waals surface area contributed by atoms with Gasteiger partial charge in [0.1, 0.15) is 51.5 Å². The van der Waals surface area contributed by atoms with Crippen molar-refractivity contribution < 1.29 is 65.8 Å². The number of esters is 1. The first-order valence-electron chi connectivity index (χ1n) is 23.4. The van der Waals surface area contributed by atoms with Crippen LogP contribution < -0.4 is 14.8 Å². The van der Waals surface area contributed by atoms with Crippen LogP contribution in [0.1, 0.15) is 79.1 Å². The summed E-state index contributed by atoms with van der Waals surface area (Å²) < 4.78 is 41.2. The molecular formula is C50H53B2ClN5O13S2+. The molecule has 4 aromatic rings. The van der Waals surface area contributed by atoms with E-state index in [0.717, 1.165) is 40.2 Å². The molecule has 4 radical (unpaired) electrons. The van der Waals surface area contributed by atoms with Crippen molar-refractivity contribution in [1.29, 1.82) is 0 Å². The highest BCUT2D eigenvalue weighted by Gasteiger charge is 2.58. The maximum absolute atomic E-state index is 14.2. The number of amides is 2. The zero-order chi connectivity index (χ0) is 52.5. The number of quaternary nitrogens is 1. The number of benzene rings is 3. The van der Waals surface area contributed by atoms with Crippen molar-refractivity contribution in [2.24, 2.45) is 11.1 Å². The molecule has 73 heavy (non-hydrogen) atoms. The van der Waals surface area contributed by atoms with Crippen molar-refractivity contribution in [2.75, 3.05) is 38.5 Å². The minimum Gasteiger partial charge on any atom is -0.541 e. The predicted octanol–water partition coefficient (Wildman–Crippen LogP) is 5.00. The molecule has 4 heterocycles. The fraction of sp³-hybridized carbons (Fsp3) is 0.400. The monoisotopic (exact) mass is 1050 g/mol. The first-order chi connectivity index (χ1) is 34.9. The van der Waals surface area contributed by atoms with Crippen LogP contribution in [0, 0.1) is 5.92 Å². The van der Waals surface area contributed by atoms with Gasteiger partial charge in [-0.15, -0.1) is 11.3 Å². The molecular weight excluding hydrogens is 1000 g/mol. The number of halogens is 1. The second kappa shape index (κ2) is 24.1. The number of carbonyl (C=O) groups is 6. The van der Waals surface area contributed by atoms with Gasteiger partial charge in [-0.1, -0.05) is 77.4 Å². The van der Waals surface area contributed by atoms with E-state index in [1.807, 2.05) is 60.7 Å². The van der Waals surface area contributed by atoms with Gasteiger partial charge in [0.2, 0.25) is 12.0 Å². The zero-order valence-corrected chi connectivity index (χ0v) is 43.1. The molecule has 1 aromatic heterocycles.